The van der Waals surface area contributed by atoms with Gasteiger partial charge >= 0.3 is 0 Å². The van der Waals surface area contributed by atoms with Crippen molar-refractivity contribution >= 4 is 11.9 Å². The van der Waals surface area contributed by atoms with Gasteiger partial charge in [-0.3, -0.25) is 15.1 Å². The third kappa shape index (κ3) is 2.62. The average molecular weight is 257 g/mol. The Morgan fingerprint density at radius 2 is 1.89 bits per heavy atom. The van der Waals surface area contributed by atoms with E-state index in [1.807, 2.05) is 12.1 Å². The molecule has 1 atom stereocenters. The fraction of sp³-hybridized carbons (Fsp3) is 0.467. The third-order valence-corrected chi connectivity index (χ3v) is 3.60. The number of guanidine groups is 1. The van der Waals surface area contributed by atoms with Gasteiger partial charge in [0.15, 0.2) is 5.96 Å². The Labute approximate surface area is 113 Å². The fourth-order valence-electron chi connectivity index (χ4n) is 2.35. The normalized spacial score (nSPS) is 24.4. The van der Waals surface area contributed by atoms with Gasteiger partial charge in [-0.2, -0.15) is 0 Å². The van der Waals surface area contributed by atoms with Crippen LogP contribution in [-0.4, -0.2) is 18.4 Å². The molecule has 0 aromatic heterocycles. The summed E-state index contributed by atoms with van der Waals surface area (Å²) in [6.07, 6.45) is 3.58. The number of nitrogens with zero attached hydrogens (tertiary/aromatic N) is 1. The second-order valence-electron chi connectivity index (χ2n) is 5.24. The minimum atomic E-state index is -0.302. The summed E-state index contributed by atoms with van der Waals surface area (Å²) in [5, 5.41) is 5.93. The van der Waals surface area contributed by atoms with Gasteiger partial charge < -0.3 is 5.32 Å². The number of carbonyl (C=O) groups excluding carboxylic acids is 1. The molecule has 0 radical (unpaired) electrons. The zero-order chi connectivity index (χ0) is 13.2. The molecule has 2 aliphatic rings. The lowest BCUT2D eigenvalue weighted by atomic mass is 10.0. The number of hydrogen-bond donors (Lipinski definition) is 2. The zero-order valence-electron chi connectivity index (χ0n) is 11.1. The molecule has 2 N–H and O–H groups in total. The van der Waals surface area contributed by atoms with Gasteiger partial charge in [-0.1, -0.05) is 31.2 Å². The molecule has 19 heavy (non-hydrogen) atoms. The first-order chi connectivity index (χ1) is 9.28. The van der Waals surface area contributed by atoms with Crippen LogP contribution in [0.25, 0.3) is 0 Å². The van der Waals surface area contributed by atoms with Crippen molar-refractivity contribution < 1.29 is 4.79 Å². The van der Waals surface area contributed by atoms with Crippen molar-refractivity contribution in [2.45, 2.75) is 38.1 Å². The highest BCUT2D eigenvalue weighted by Gasteiger charge is 2.30. The van der Waals surface area contributed by atoms with Crippen LogP contribution in [-0.2, 0) is 4.79 Å². The molecule has 100 valence electrons. The first-order valence-corrected chi connectivity index (χ1v) is 6.99. The van der Waals surface area contributed by atoms with E-state index >= 15 is 0 Å². The lowest BCUT2D eigenvalue weighted by molar-refractivity contribution is -0.120. The maximum atomic E-state index is 11.9. The maximum absolute atomic E-state index is 11.9. The number of hydrogen-bond acceptors (Lipinski definition) is 2. The van der Waals surface area contributed by atoms with E-state index in [0.29, 0.717) is 5.96 Å². The van der Waals surface area contributed by atoms with Crippen molar-refractivity contribution in [2.75, 3.05) is 6.54 Å². The van der Waals surface area contributed by atoms with Gasteiger partial charge in [0, 0.05) is 6.54 Å². The molecule has 1 aromatic rings. The van der Waals surface area contributed by atoms with Crippen LogP contribution in [0.3, 0.4) is 0 Å². The Morgan fingerprint density at radius 1 is 1.21 bits per heavy atom. The van der Waals surface area contributed by atoms with Crippen LogP contribution < -0.4 is 10.6 Å². The zero-order valence-corrected chi connectivity index (χ0v) is 11.1. The lowest BCUT2D eigenvalue weighted by Crippen LogP contribution is -2.25. The standard InChI is InChI=1S/C15H19N3O/c1-2-9-16-15-17-13(14(19)18-15)12-7-5-11(6-8-12)10-3-4-10/h5-8,10,13H,2-4,9H2,1H3,(H2,16,17,18,19). The summed E-state index contributed by atoms with van der Waals surface area (Å²) in [6, 6.07) is 8.08. The molecule has 2 fully saturated rings. The quantitative estimate of drug-likeness (QED) is 0.867. The monoisotopic (exact) mass is 257 g/mol. The molecule has 1 saturated carbocycles. The molecular formula is C15H19N3O. The van der Waals surface area contributed by atoms with Crippen molar-refractivity contribution in [3.63, 3.8) is 0 Å². The Balaban J connectivity index is 1.72. The topological polar surface area (TPSA) is 53.5 Å². The number of aliphatic imine (C=N–C) groups is 1. The number of rotatable bonds is 4. The number of carbonyl (C=O) groups is 1. The fourth-order valence-corrected chi connectivity index (χ4v) is 2.35. The van der Waals surface area contributed by atoms with Crippen LogP contribution in [0, 0.1) is 0 Å². The van der Waals surface area contributed by atoms with E-state index in [-0.39, 0.29) is 11.9 Å². The molecule has 0 bridgehead atoms. The van der Waals surface area contributed by atoms with Crippen molar-refractivity contribution in [2.24, 2.45) is 4.99 Å². The summed E-state index contributed by atoms with van der Waals surface area (Å²) in [7, 11) is 0. The Kier molecular flexibility index (Phi) is 3.23. The average Bonchev–Trinajstić information content (AvgIpc) is 3.21. The summed E-state index contributed by atoms with van der Waals surface area (Å²) in [5.41, 5.74) is 2.39. The van der Waals surface area contributed by atoms with E-state index in [1.54, 1.807) is 0 Å². The molecule has 4 nitrogen and oxygen atoms in total. The molecule has 1 aliphatic heterocycles. The van der Waals surface area contributed by atoms with Gasteiger partial charge in [0.25, 0.3) is 5.91 Å². The van der Waals surface area contributed by atoms with Crippen LogP contribution in [0.2, 0.25) is 0 Å². The van der Waals surface area contributed by atoms with Gasteiger partial charge in [-0.25, -0.2) is 0 Å². The van der Waals surface area contributed by atoms with E-state index in [1.165, 1.54) is 18.4 Å². The van der Waals surface area contributed by atoms with Crippen molar-refractivity contribution in [3.05, 3.63) is 35.4 Å². The molecule has 4 heteroatoms. The van der Waals surface area contributed by atoms with Gasteiger partial charge in [0.2, 0.25) is 0 Å². The minimum Gasteiger partial charge on any atom is -0.340 e. The summed E-state index contributed by atoms with van der Waals surface area (Å²) in [6.45, 7) is 2.80. The summed E-state index contributed by atoms with van der Waals surface area (Å²) < 4.78 is 0. The van der Waals surface area contributed by atoms with E-state index in [4.69, 9.17) is 0 Å². The maximum Gasteiger partial charge on any atom is 0.253 e. The van der Waals surface area contributed by atoms with Crippen LogP contribution >= 0.6 is 0 Å². The molecule has 3 rings (SSSR count). The van der Waals surface area contributed by atoms with E-state index in [9.17, 15) is 4.79 Å². The smallest absolute Gasteiger partial charge is 0.253 e. The molecule has 1 heterocycles. The molecular weight excluding hydrogens is 238 g/mol. The van der Waals surface area contributed by atoms with Crippen molar-refractivity contribution in [1.82, 2.24) is 10.6 Å². The molecule has 1 unspecified atom stereocenters. The van der Waals surface area contributed by atoms with Crippen LogP contribution in [0.5, 0.6) is 0 Å². The van der Waals surface area contributed by atoms with E-state index < -0.39 is 0 Å². The van der Waals surface area contributed by atoms with Gasteiger partial charge in [-0.15, -0.1) is 0 Å². The first kappa shape index (κ1) is 12.2. The molecule has 1 saturated heterocycles. The lowest BCUT2D eigenvalue weighted by Gasteiger charge is -2.09. The molecule has 1 aromatic carbocycles. The second kappa shape index (κ2) is 5.03. The Hall–Kier alpha value is -1.84. The Bertz CT molecular complexity index is 503. The predicted molar refractivity (Wildman–Crippen MR) is 75.0 cm³/mol. The van der Waals surface area contributed by atoms with Crippen LogP contribution in [0.1, 0.15) is 49.3 Å². The SMILES string of the molecule is CCCN=C1NC(=O)C(c2ccc(C3CC3)cc2)N1. The number of amides is 1. The van der Waals surface area contributed by atoms with E-state index in [0.717, 1.165) is 24.4 Å². The van der Waals surface area contributed by atoms with E-state index in [2.05, 4.69) is 34.7 Å². The van der Waals surface area contributed by atoms with Crippen LogP contribution in [0.4, 0.5) is 0 Å². The molecule has 1 amide bonds. The molecule has 0 spiro atoms. The predicted octanol–water partition coefficient (Wildman–Crippen LogP) is 2.09. The van der Waals surface area contributed by atoms with Gasteiger partial charge in [0.1, 0.15) is 6.04 Å². The third-order valence-electron chi connectivity index (χ3n) is 3.60. The Morgan fingerprint density at radius 3 is 2.53 bits per heavy atom. The highest BCUT2D eigenvalue weighted by molar-refractivity contribution is 6.06. The minimum absolute atomic E-state index is 0.0194. The molecule has 1 aliphatic carbocycles. The summed E-state index contributed by atoms with van der Waals surface area (Å²) in [4.78, 5) is 16.2. The number of benzene rings is 1. The summed E-state index contributed by atoms with van der Waals surface area (Å²) in [5.74, 6) is 1.33. The highest BCUT2D eigenvalue weighted by atomic mass is 16.2. The largest absolute Gasteiger partial charge is 0.340 e. The second-order valence-corrected chi connectivity index (χ2v) is 5.24. The van der Waals surface area contributed by atoms with Crippen LogP contribution in [0.15, 0.2) is 29.3 Å². The van der Waals surface area contributed by atoms with Gasteiger partial charge in [-0.05, 0) is 36.3 Å². The first-order valence-electron chi connectivity index (χ1n) is 6.99. The number of nitrogens with one attached hydrogen (secondary N) is 2. The summed E-state index contributed by atoms with van der Waals surface area (Å²) >= 11 is 0. The van der Waals surface area contributed by atoms with Crippen molar-refractivity contribution in [1.29, 1.82) is 0 Å². The van der Waals surface area contributed by atoms with Crippen molar-refractivity contribution in [3.8, 4) is 0 Å². The van der Waals surface area contributed by atoms with Gasteiger partial charge in [0.05, 0.1) is 0 Å². The highest BCUT2D eigenvalue weighted by Crippen LogP contribution is 2.40.